The van der Waals surface area contributed by atoms with Crippen LogP contribution >= 0.6 is 22.9 Å². The first-order chi connectivity index (χ1) is 14.5. The second-order valence-electron chi connectivity index (χ2n) is 7.05. The largest absolute Gasteiger partial charge is 0.493 e. The minimum atomic E-state index is 0.0147. The van der Waals surface area contributed by atoms with Gasteiger partial charge >= 0.3 is 0 Å². The molecule has 0 saturated carbocycles. The van der Waals surface area contributed by atoms with Crippen LogP contribution in [0.15, 0.2) is 42.5 Å². The molecule has 3 rings (SSSR count). The normalized spacial score (nSPS) is 11.2. The summed E-state index contributed by atoms with van der Waals surface area (Å²) in [7, 11) is 0. The van der Waals surface area contributed by atoms with Crippen molar-refractivity contribution in [2.45, 2.75) is 27.2 Å². The predicted octanol–water partition coefficient (Wildman–Crippen LogP) is 5.40. The number of thiazole rings is 1. The van der Waals surface area contributed by atoms with Crippen LogP contribution in [0.5, 0.6) is 5.75 Å². The van der Waals surface area contributed by atoms with E-state index in [0.717, 1.165) is 41.2 Å². The number of hydrogen-bond donors (Lipinski definition) is 0. The molecule has 0 aliphatic rings. The van der Waals surface area contributed by atoms with E-state index in [4.69, 9.17) is 21.3 Å². The molecule has 30 heavy (non-hydrogen) atoms. The highest BCUT2D eigenvalue weighted by Gasteiger charge is 2.21. The fourth-order valence-electron chi connectivity index (χ4n) is 3.27. The maximum atomic E-state index is 13.1. The Morgan fingerprint density at radius 3 is 2.57 bits per heavy atom. The number of carbonyl (C=O) groups is 1. The van der Waals surface area contributed by atoms with Gasteiger partial charge in [0.15, 0.2) is 5.13 Å². The van der Waals surface area contributed by atoms with E-state index in [0.29, 0.717) is 29.7 Å². The van der Waals surface area contributed by atoms with E-state index in [1.54, 1.807) is 4.90 Å². The molecule has 160 valence electrons. The van der Waals surface area contributed by atoms with Gasteiger partial charge in [-0.2, -0.15) is 0 Å². The van der Waals surface area contributed by atoms with E-state index in [1.165, 1.54) is 11.3 Å². The van der Waals surface area contributed by atoms with Gasteiger partial charge < -0.3 is 9.64 Å². The molecule has 3 aromatic rings. The van der Waals surface area contributed by atoms with Gasteiger partial charge in [0.1, 0.15) is 5.75 Å². The maximum Gasteiger partial charge on any atom is 0.232 e. The molecule has 0 fully saturated rings. The zero-order valence-electron chi connectivity index (χ0n) is 17.7. The van der Waals surface area contributed by atoms with Crippen LogP contribution in [-0.2, 0) is 4.79 Å². The molecule has 0 aliphatic carbocycles. The molecule has 1 heterocycles. The van der Waals surface area contributed by atoms with Gasteiger partial charge in [-0.3, -0.25) is 9.69 Å². The van der Waals surface area contributed by atoms with Crippen LogP contribution in [0.3, 0.4) is 0 Å². The van der Waals surface area contributed by atoms with Crippen LogP contribution in [0, 0.1) is 6.92 Å². The quantitative estimate of drug-likeness (QED) is 0.419. The number of ether oxygens (including phenoxy) is 1. The Hall–Kier alpha value is -2.15. The highest BCUT2D eigenvalue weighted by molar-refractivity contribution is 7.22. The third-order valence-electron chi connectivity index (χ3n) is 5.03. The van der Waals surface area contributed by atoms with Crippen LogP contribution in [0.1, 0.15) is 25.8 Å². The lowest BCUT2D eigenvalue weighted by atomic mass is 10.2. The van der Waals surface area contributed by atoms with Crippen molar-refractivity contribution in [2.24, 2.45) is 0 Å². The minimum Gasteiger partial charge on any atom is -0.493 e. The number of aromatic nitrogens is 1. The summed E-state index contributed by atoms with van der Waals surface area (Å²) in [5.41, 5.74) is 1.92. The summed E-state index contributed by atoms with van der Waals surface area (Å²) in [6, 6.07) is 13.4. The minimum absolute atomic E-state index is 0.0147. The molecule has 0 N–H and O–H groups in total. The molecule has 0 spiro atoms. The van der Waals surface area contributed by atoms with Crippen LogP contribution < -0.4 is 9.64 Å². The number of fused-ring (bicyclic) bond motifs is 1. The Balaban J connectivity index is 1.77. The molecule has 0 atom stereocenters. The van der Waals surface area contributed by atoms with Gasteiger partial charge in [0, 0.05) is 18.1 Å². The van der Waals surface area contributed by atoms with Crippen LogP contribution in [0.2, 0.25) is 5.02 Å². The van der Waals surface area contributed by atoms with Crippen molar-refractivity contribution in [1.29, 1.82) is 0 Å². The zero-order valence-corrected chi connectivity index (χ0v) is 19.3. The van der Waals surface area contributed by atoms with Crippen LogP contribution in [-0.4, -0.2) is 48.6 Å². The van der Waals surface area contributed by atoms with Gasteiger partial charge in [-0.05, 0) is 49.8 Å². The van der Waals surface area contributed by atoms with Crippen LogP contribution in [0.25, 0.3) is 10.2 Å². The summed E-state index contributed by atoms with van der Waals surface area (Å²) in [6.07, 6.45) is 0.294. The van der Waals surface area contributed by atoms with Gasteiger partial charge in [0.05, 0.1) is 23.2 Å². The summed E-state index contributed by atoms with van der Waals surface area (Å²) in [4.78, 5) is 22.0. The standard InChI is InChI=1S/C23H28ClN3O2S/c1-4-26(5-2)12-13-27(21(28)11-14-29-19-9-7-6-8-10-19)23-25-22-17(3)15-18(24)16-20(22)30-23/h6-10,15-16H,4-5,11-14H2,1-3H3. The second kappa shape index (κ2) is 10.8. The SMILES string of the molecule is CCN(CC)CCN(C(=O)CCOc1ccccc1)c1nc2c(C)cc(Cl)cc2s1. The second-order valence-corrected chi connectivity index (χ2v) is 8.50. The number of likely N-dealkylation sites (N-methyl/N-ethyl adjacent to an activating group) is 1. The first-order valence-electron chi connectivity index (χ1n) is 10.3. The number of halogens is 1. The lowest BCUT2D eigenvalue weighted by Crippen LogP contribution is -2.39. The third-order valence-corrected chi connectivity index (χ3v) is 6.28. The molecule has 0 bridgehead atoms. The number of benzene rings is 2. The van der Waals surface area contributed by atoms with E-state index in [-0.39, 0.29) is 5.91 Å². The smallest absolute Gasteiger partial charge is 0.232 e. The Morgan fingerprint density at radius 1 is 1.13 bits per heavy atom. The lowest BCUT2D eigenvalue weighted by Gasteiger charge is -2.24. The molecular formula is C23H28ClN3O2S. The van der Waals surface area contributed by atoms with E-state index in [9.17, 15) is 4.79 Å². The molecule has 0 unspecified atom stereocenters. The third kappa shape index (κ3) is 5.72. The summed E-state index contributed by atoms with van der Waals surface area (Å²) in [5, 5.41) is 1.40. The molecule has 7 heteroatoms. The fourth-order valence-corrected chi connectivity index (χ4v) is 4.74. The monoisotopic (exact) mass is 445 g/mol. The molecule has 5 nitrogen and oxygen atoms in total. The number of amides is 1. The van der Waals surface area contributed by atoms with Gasteiger partial charge in [-0.25, -0.2) is 4.98 Å². The summed E-state index contributed by atoms with van der Waals surface area (Å²) >= 11 is 7.73. The van der Waals surface area contributed by atoms with Crippen molar-refractivity contribution in [3.63, 3.8) is 0 Å². The average molecular weight is 446 g/mol. The number of aryl methyl sites for hydroxylation is 1. The van der Waals surface area contributed by atoms with Crippen molar-refractivity contribution in [2.75, 3.05) is 37.7 Å². The Labute approximate surface area is 187 Å². The first-order valence-corrected chi connectivity index (χ1v) is 11.5. The van der Waals surface area contributed by atoms with Crippen molar-refractivity contribution in [1.82, 2.24) is 9.88 Å². The summed E-state index contributed by atoms with van der Waals surface area (Å²) < 4.78 is 6.73. The van der Waals surface area contributed by atoms with Crippen molar-refractivity contribution < 1.29 is 9.53 Å². The van der Waals surface area contributed by atoms with E-state index in [2.05, 4.69) is 18.7 Å². The Kier molecular flexibility index (Phi) is 8.08. The molecule has 2 aromatic carbocycles. The number of para-hydroxylation sites is 1. The molecular weight excluding hydrogens is 418 g/mol. The fraction of sp³-hybridized carbons (Fsp3) is 0.391. The first kappa shape index (κ1) is 22.5. The van der Waals surface area contributed by atoms with E-state index >= 15 is 0 Å². The van der Waals surface area contributed by atoms with Crippen molar-refractivity contribution in [3.05, 3.63) is 53.1 Å². The van der Waals surface area contributed by atoms with E-state index in [1.807, 2.05) is 49.4 Å². The van der Waals surface area contributed by atoms with Crippen LogP contribution in [0.4, 0.5) is 5.13 Å². The number of anilines is 1. The zero-order chi connectivity index (χ0) is 21.5. The van der Waals surface area contributed by atoms with Crippen molar-refractivity contribution in [3.8, 4) is 5.75 Å². The Bertz CT molecular complexity index is 973. The van der Waals surface area contributed by atoms with Gasteiger partial charge in [-0.1, -0.05) is 55.0 Å². The maximum absolute atomic E-state index is 13.1. The highest BCUT2D eigenvalue weighted by Crippen LogP contribution is 2.33. The van der Waals surface area contributed by atoms with E-state index < -0.39 is 0 Å². The van der Waals surface area contributed by atoms with Gasteiger partial charge in [-0.15, -0.1) is 0 Å². The number of rotatable bonds is 10. The number of hydrogen-bond acceptors (Lipinski definition) is 5. The summed E-state index contributed by atoms with van der Waals surface area (Å²) in [6.45, 7) is 9.88. The van der Waals surface area contributed by atoms with Gasteiger partial charge in [0.2, 0.25) is 5.91 Å². The summed E-state index contributed by atoms with van der Waals surface area (Å²) in [5.74, 6) is 0.783. The molecule has 0 saturated heterocycles. The highest BCUT2D eigenvalue weighted by atomic mass is 35.5. The molecule has 1 aromatic heterocycles. The lowest BCUT2D eigenvalue weighted by molar-refractivity contribution is -0.119. The molecule has 0 aliphatic heterocycles. The molecule has 0 radical (unpaired) electrons. The topological polar surface area (TPSA) is 45.7 Å². The van der Waals surface area contributed by atoms with Crippen molar-refractivity contribution >= 4 is 44.2 Å². The van der Waals surface area contributed by atoms with Gasteiger partial charge in [0.25, 0.3) is 0 Å². The predicted molar refractivity (Wildman–Crippen MR) is 126 cm³/mol. The average Bonchev–Trinajstić information content (AvgIpc) is 3.16. The molecule has 1 amide bonds. The number of carbonyl (C=O) groups excluding carboxylic acids is 1. The number of nitrogens with zero attached hydrogens (tertiary/aromatic N) is 3. The Morgan fingerprint density at radius 2 is 1.87 bits per heavy atom.